The zero-order valence-corrected chi connectivity index (χ0v) is 17.4. The summed E-state index contributed by atoms with van der Waals surface area (Å²) >= 11 is 0. The summed E-state index contributed by atoms with van der Waals surface area (Å²) in [6.45, 7) is 8.59. The van der Waals surface area contributed by atoms with E-state index in [1.54, 1.807) is 5.19 Å². The second-order valence-electron chi connectivity index (χ2n) is 7.51. The standard InChI is InChI=1S/C20H32O2Si2/c1-3-24(19-13-7-9-15-21-19)17-20(14-8-10-16-22-20)23(2)18-11-5-4-6-12-18/h3-6,11-12,19,23-24H,1,7-10,13-17H2,2H3. The maximum Gasteiger partial charge on any atom is 0.104 e. The van der Waals surface area contributed by atoms with E-state index >= 15 is 0 Å². The van der Waals surface area contributed by atoms with Gasteiger partial charge in [0.15, 0.2) is 0 Å². The molecule has 0 N–H and O–H groups in total. The van der Waals surface area contributed by atoms with Gasteiger partial charge in [-0.2, -0.15) is 0 Å². The van der Waals surface area contributed by atoms with Gasteiger partial charge in [-0.25, -0.2) is 0 Å². The van der Waals surface area contributed by atoms with E-state index < -0.39 is 17.6 Å². The third-order valence-corrected chi connectivity index (χ3v) is 13.4. The minimum atomic E-state index is -1.19. The van der Waals surface area contributed by atoms with E-state index in [9.17, 15) is 0 Å². The Balaban J connectivity index is 1.80. The van der Waals surface area contributed by atoms with Crippen LogP contribution in [0.25, 0.3) is 0 Å². The summed E-state index contributed by atoms with van der Waals surface area (Å²) in [5.41, 5.74) is 2.76. The van der Waals surface area contributed by atoms with E-state index in [0.29, 0.717) is 5.73 Å². The van der Waals surface area contributed by atoms with Gasteiger partial charge in [0.05, 0.1) is 14.0 Å². The van der Waals surface area contributed by atoms with Crippen molar-refractivity contribution < 1.29 is 9.47 Å². The molecule has 0 spiro atoms. The van der Waals surface area contributed by atoms with Crippen molar-refractivity contribution in [3.8, 4) is 0 Å². The summed E-state index contributed by atoms with van der Waals surface area (Å²) in [7, 11) is -2.36. The van der Waals surface area contributed by atoms with Crippen LogP contribution in [0.2, 0.25) is 12.6 Å². The van der Waals surface area contributed by atoms with Gasteiger partial charge in [-0.05, 0) is 44.6 Å². The Bertz CT molecular complexity index is 508. The zero-order chi connectivity index (χ0) is 16.8. The van der Waals surface area contributed by atoms with Crippen molar-refractivity contribution in [3.05, 3.63) is 42.6 Å². The lowest BCUT2D eigenvalue weighted by Gasteiger charge is -2.44. The van der Waals surface area contributed by atoms with Crippen molar-refractivity contribution in [2.24, 2.45) is 0 Å². The third kappa shape index (κ3) is 4.10. The predicted octanol–water partition coefficient (Wildman–Crippen LogP) is 3.29. The fourth-order valence-corrected chi connectivity index (χ4v) is 12.0. The summed E-state index contributed by atoms with van der Waals surface area (Å²) in [5, 5.41) is 1.66. The number of rotatable bonds is 6. The molecule has 2 saturated heterocycles. The van der Waals surface area contributed by atoms with Crippen molar-refractivity contribution in [1.29, 1.82) is 0 Å². The highest BCUT2D eigenvalue weighted by Crippen LogP contribution is 2.34. The van der Waals surface area contributed by atoms with Gasteiger partial charge < -0.3 is 9.47 Å². The molecule has 132 valence electrons. The molecule has 24 heavy (non-hydrogen) atoms. The second kappa shape index (κ2) is 8.61. The molecule has 0 aromatic heterocycles. The predicted molar refractivity (Wildman–Crippen MR) is 107 cm³/mol. The van der Waals surface area contributed by atoms with Crippen LogP contribution in [-0.4, -0.2) is 41.8 Å². The van der Waals surface area contributed by atoms with E-state index in [1.807, 2.05) is 0 Å². The number of hydrogen-bond donors (Lipinski definition) is 0. The van der Waals surface area contributed by atoms with Gasteiger partial charge in [-0.15, -0.1) is 12.3 Å². The molecule has 2 nitrogen and oxygen atoms in total. The maximum atomic E-state index is 6.60. The van der Waals surface area contributed by atoms with Gasteiger partial charge >= 0.3 is 0 Å². The van der Waals surface area contributed by atoms with E-state index in [4.69, 9.17) is 9.47 Å². The molecule has 1 aromatic carbocycles. The molecule has 4 heteroatoms. The van der Waals surface area contributed by atoms with Crippen LogP contribution >= 0.6 is 0 Å². The molecule has 2 aliphatic rings. The topological polar surface area (TPSA) is 18.5 Å². The van der Waals surface area contributed by atoms with Crippen molar-refractivity contribution in [2.75, 3.05) is 13.2 Å². The Labute approximate surface area is 150 Å². The molecular weight excluding hydrogens is 328 g/mol. The highest BCUT2D eigenvalue weighted by atomic mass is 28.3. The Hall–Kier alpha value is -0.686. The van der Waals surface area contributed by atoms with Crippen molar-refractivity contribution in [2.45, 2.75) is 62.1 Å². The van der Waals surface area contributed by atoms with Gasteiger partial charge in [0.25, 0.3) is 0 Å². The van der Waals surface area contributed by atoms with Crippen LogP contribution in [-0.2, 0) is 9.47 Å². The van der Waals surface area contributed by atoms with Crippen LogP contribution in [0.3, 0.4) is 0 Å². The van der Waals surface area contributed by atoms with E-state index in [0.717, 1.165) is 13.2 Å². The van der Waals surface area contributed by atoms with Crippen molar-refractivity contribution in [3.63, 3.8) is 0 Å². The lowest BCUT2D eigenvalue weighted by Crippen LogP contribution is -2.57. The Morgan fingerprint density at radius 2 is 1.96 bits per heavy atom. The molecule has 2 aliphatic heterocycles. The van der Waals surface area contributed by atoms with E-state index in [2.05, 4.69) is 49.2 Å². The first-order chi connectivity index (χ1) is 11.7. The Morgan fingerprint density at radius 1 is 1.17 bits per heavy atom. The molecule has 1 aromatic rings. The van der Waals surface area contributed by atoms with Gasteiger partial charge in [0.1, 0.15) is 8.80 Å². The Kier molecular flexibility index (Phi) is 6.50. The minimum absolute atomic E-state index is 0.117. The molecule has 3 rings (SSSR count). The average molecular weight is 361 g/mol. The lowest BCUT2D eigenvalue weighted by molar-refractivity contribution is -0.0112. The van der Waals surface area contributed by atoms with E-state index in [1.165, 1.54) is 44.6 Å². The first-order valence-electron chi connectivity index (χ1n) is 9.68. The SMILES string of the molecule is C=C[SiH](CC1([SiH](C)c2ccccc2)CCCCO1)C1CCCCO1. The molecule has 0 bridgehead atoms. The fraction of sp³-hybridized carbons (Fsp3) is 0.600. The van der Waals surface area contributed by atoms with Gasteiger partial charge in [0, 0.05) is 18.9 Å². The zero-order valence-electron chi connectivity index (χ0n) is 15.1. The molecule has 4 atom stereocenters. The number of benzene rings is 1. The second-order valence-corrected chi connectivity index (χ2v) is 13.6. The number of hydrogen-bond acceptors (Lipinski definition) is 2. The van der Waals surface area contributed by atoms with Crippen molar-refractivity contribution in [1.82, 2.24) is 0 Å². The summed E-state index contributed by atoms with van der Waals surface area (Å²) in [4.78, 5) is 0. The lowest BCUT2D eigenvalue weighted by atomic mass is 10.1. The normalized spacial score (nSPS) is 30.5. The van der Waals surface area contributed by atoms with Gasteiger partial charge in [0.2, 0.25) is 0 Å². The molecule has 2 fully saturated rings. The number of ether oxygens (including phenoxy) is 2. The minimum Gasteiger partial charge on any atom is -0.382 e. The molecular formula is C20H32O2Si2. The molecule has 4 unspecified atom stereocenters. The largest absolute Gasteiger partial charge is 0.382 e. The summed E-state index contributed by atoms with van der Waals surface area (Å²) in [6, 6.07) is 12.3. The van der Waals surface area contributed by atoms with Crippen LogP contribution in [0.1, 0.15) is 38.5 Å². The molecule has 0 amide bonds. The third-order valence-electron chi connectivity index (χ3n) is 6.05. The summed E-state index contributed by atoms with van der Waals surface area (Å²) < 4.78 is 12.8. The van der Waals surface area contributed by atoms with Crippen LogP contribution < -0.4 is 5.19 Å². The molecule has 0 radical (unpaired) electrons. The average Bonchev–Trinajstić information content (AvgIpc) is 2.67. The summed E-state index contributed by atoms with van der Waals surface area (Å²) in [5.74, 6) is 0. The fourth-order valence-electron chi connectivity index (χ4n) is 4.47. The first-order valence-corrected chi connectivity index (χ1v) is 14.1. The van der Waals surface area contributed by atoms with Crippen molar-refractivity contribution >= 4 is 22.8 Å². The first kappa shape index (κ1) is 18.1. The molecule has 0 saturated carbocycles. The van der Waals surface area contributed by atoms with Crippen LogP contribution in [0.4, 0.5) is 0 Å². The monoisotopic (exact) mass is 360 g/mol. The van der Waals surface area contributed by atoms with Crippen LogP contribution in [0.15, 0.2) is 42.6 Å². The maximum absolute atomic E-state index is 6.60. The summed E-state index contributed by atoms with van der Waals surface area (Å²) in [6.07, 6.45) is 7.55. The molecule has 2 heterocycles. The Morgan fingerprint density at radius 3 is 2.58 bits per heavy atom. The molecule has 0 aliphatic carbocycles. The highest BCUT2D eigenvalue weighted by Gasteiger charge is 2.43. The van der Waals surface area contributed by atoms with Gasteiger partial charge in [-0.1, -0.05) is 42.1 Å². The van der Waals surface area contributed by atoms with E-state index in [-0.39, 0.29) is 5.22 Å². The smallest absolute Gasteiger partial charge is 0.104 e. The quantitative estimate of drug-likeness (QED) is 0.725. The van der Waals surface area contributed by atoms with Gasteiger partial charge in [-0.3, -0.25) is 0 Å². The highest BCUT2D eigenvalue weighted by molar-refractivity contribution is 6.77. The van der Waals surface area contributed by atoms with Crippen LogP contribution in [0, 0.1) is 0 Å². The van der Waals surface area contributed by atoms with Crippen LogP contribution in [0.5, 0.6) is 0 Å².